The van der Waals surface area contributed by atoms with Crippen LogP contribution in [0, 0.1) is 11.3 Å². The van der Waals surface area contributed by atoms with Gasteiger partial charge < -0.3 is 10.1 Å². The van der Waals surface area contributed by atoms with Crippen LogP contribution in [0.25, 0.3) is 0 Å². The van der Waals surface area contributed by atoms with Crippen molar-refractivity contribution in [2.75, 3.05) is 19.8 Å². The molecule has 1 fully saturated rings. The molecule has 0 bridgehead atoms. The van der Waals surface area contributed by atoms with Crippen molar-refractivity contribution in [1.82, 2.24) is 5.32 Å². The van der Waals surface area contributed by atoms with Crippen molar-refractivity contribution in [3.05, 3.63) is 0 Å². The van der Waals surface area contributed by atoms with Gasteiger partial charge in [-0.05, 0) is 6.42 Å². The SMILES string of the molecule is CC(C)(C)C(=O)NCC1CCOC1. The second kappa shape index (κ2) is 4.09. The third kappa shape index (κ3) is 3.35. The summed E-state index contributed by atoms with van der Waals surface area (Å²) in [5.74, 6) is 0.644. The maximum Gasteiger partial charge on any atom is 0.225 e. The lowest BCUT2D eigenvalue weighted by Gasteiger charge is -2.19. The van der Waals surface area contributed by atoms with Crippen molar-refractivity contribution in [3.8, 4) is 0 Å². The van der Waals surface area contributed by atoms with Gasteiger partial charge in [0.2, 0.25) is 5.91 Å². The van der Waals surface area contributed by atoms with Gasteiger partial charge in [0.05, 0.1) is 6.61 Å². The topological polar surface area (TPSA) is 38.3 Å². The van der Waals surface area contributed by atoms with Crippen molar-refractivity contribution in [3.63, 3.8) is 0 Å². The Morgan fingerprint density at radius 1 is 1.54 bits per heavy atom. The summed E-state index contributed by atoms with van der Waals surface area (Å²) in [5, 5.41) is 2.95. The maximum absolute atomic E-state index is 11.5. The standard InChI is InChI=1S/C10H19NO2/c1-10(2,3)9(12)11-6-8-4-5-13-7-8/h8H,4-7H2,1-3H3,(H,11,12). The monoisotopic (exact) mass is 185 g/mol. The predicted octanol–water partition coefficient (Wildman–Crippen LogP) is 1.19. The lowest BCUT2D eigenvalue weighted by atomic mass is 9.95. The minimum absolute atomic E-state index is 0.124. The van der Waals surface area contributed by atoms with Crippen LogP contribution in [0.15, 0.2) is 0 Å². The number of rotatable bonds is 2. The summed E-state index contributed by atoms with van der Waals surface area (Å²) in [7, 11) is 0. The van der Waals surface area contributed by atoms with Gasteiger partial charge in [0, 0.05) is 24.5 Å². The van der Waals surface area contributed by atoms with Crippen LogP contribution in [0.2, 0.25) is 0 Å². The van der Waals surface area contributed by atoms with Crippen molar-refractivity contribution in [1.29, 1.82) is 0 Å². The van der Waals surface area contributed by atoms with Crippen LogP contribution in [0.3, 0.4) is 0 Å². The molecular formula is C10H19NO2. The van der Waals surface area contributed by atoms with Gasteiger partial charge in [0.25, 0.3) is 0 Å². The molecule has 0 saturated carbocycles. The highest BCUT2D eigenvalue weighted by atomic mass is 16.5. The number of carbonyl (C=O) groups excluding carboxylic acids is 1. The van der Waals surface area contributed by atoms with Crippen molar-refractivity contribution in [2.24, 2.45) is 11.3 Å². The molecule has 3 heteroatoms. The Balaban J connectivity index is 2.22. The molecular weight excluding hydrogens is 166 g/mol. The molecule has 1 rings (SSSR count). The van der Waals surface area contributed by atoms with Crippen LogP contribution in [-0.2, 0) is 9.53 Å². The normalized spacial score (nSPS) is 23.2. The average Bonchev–Trinajstić information content (AvgIpc) is 2.50. The highest BCUT2D eigenvalue weighted by Crippen LogP contribution is 2.14. The molecule has 0 aliphatic carbocycles. The highest BCUT2D eigenvalue weighted by molar-refractivity contribution is 5.81. The molecule has 13 heavy (non-hydrogen) atoms. The smallest absolute Gasteiger partial charge is 0.225 e. The first-order valence-electron chi connectivity index (χ1n) is 4.86. The van der Waals surface area contributed by atoms with Gasteiger partial charge >= 0.3 is 0 Å². The Hall–Kier alpha value is -0.570. The number of ether oxygens (including phenoxy) is 1. The minimum Gasteiger partial charge on any atom is -0.381 e. The van der Waals surface area contributed by atoms with Crippen LogP contribution in [0.4, 0.5) is 0 Å². The van der Waals surface area contributed by atoms with E-state index in [-0.39, 0.29) is 11.3 Å². The molecule has 1 aliphatic heterocycles. The summed E-state index contributed by atoms with van der Waals surface area (Å²) in [6.45, 7) is 8.17. The van der Waals surface area contributed by atoms with E-state index in [4.69, 9.17) is 4.74 Å². The van der Waals surface area contributed by atoms with Gasteiger partial charge in [-0.3, -0.25) is 4.79 Å². The fourth-order valence-corrected chi connectivity index (χ4v) is 1.25. The molecule has 3 nitrogen and oxygen atoms in total. The van der Waals surface area contributed by atoms with Crippen LogP contribution in [0.5, 0.6) is 0 Å². The van der Waals surface area contributed by atoms with Crippen LogP contribution in [0.1, 0.15) is 27.2 Å². The quantitative estimate of drug-likeness (QED) is 0.701. The van der Waals surface area contributed by atoms with E-state index in [1.54, 1.807) is 0 Å². The molecule has 1 saturated heterocycles. The van der Waals surface area contributed by atoms with Gasteiger partial charge in [0.15, 0.2) is 0 Å². The molecule has 0 aromatic carbocycles. The average molecular weight is 185 g/mol. The summed E-state index contributed by atoms with van der Waals surface area (Å²) < 4.78 is 5.22. The van der Waals surface area contributed by atoms with E-state index >= 15 is 0 Å². The zero-order chi connectivity index (χ0) is 9.90. The molecule has 0 aromatic rings. The minimum atomic E-state index is -0.278. The fraction of sp³-hybridized carbons (Fsp3) is 0.900. The lowest BCUT2D eigenvalue weighted by Crippen LogP contribution is -2.37. The van der Waals surface area contributed by atoms with Crippen LogP contribution >= 0.6 is 0 Å². The molecule has 0 spiro atoms. The van der Waals surface area contributed by atoms with Gasteiger partial charge in [-0.2, -0.15) is 0 Å². The Bertz CT molecular complexity index is 178. The first-order valence-corrected chi connectivity index (χ1v) is 4.86. The number of nitrogens with one attached hydrogen (secondary N) is 1. The first-order chi connectivity index (χ1) is 6.00. The Morgan fingerprint density at radius 3 is 2.69 bits per heavy atom. The van der Waals surface area contributed by atoms with E-state index < -0.39 is 0 Å². The Morgan fingerprint density at radius 2 is 2.23 bits per heavy atom. The van der Waals surface area contributed by atoms with Crippen LogP contribution < -0.4 is 5.32 Å². The molecule has 1 amide bonds. The maximum atomic E-state index is 11.5. The van der Waals surface area contributed by atoms with Gasteiger partial charge in [-0.1, -0.05) is 20.8 Å². The molecule has 1 atom stereocenters. The van der Waals surface area contributed by atoms with Gasteiger partial charge in [-0.15, -0.1) is 0 Å². The van der Waals surface area contributed by atoms with Crippen molar-refractivity contribution in [2.45, 2.75) is 27.2 Å². The Kier molecular flexibility index (Phi) is 3.31. The summed E-state index contributed by atoms with van der Waals surface area (Å²) in [5.41, 5.74) is -0.278. The van der Waals surface area contributed by atoms with Crippen LogP contribution in [-0.4, -0.2) is 25.7 Å². The summed E-state index contributed by atoms with van der Waals surface area (Å²) >= 11 is 0. The number of carbonyl (C=O) groups is 1. The van der Waals surface area contributed by atoms with E-state index in [0.717, 1.165) is 26.2 Å². The summed E-state index contributed by atoms with van der Waals surface area (Å²) in [6, 6.07) is 0. The van der Waals surface area contributed by atoms with E-state index in [0.29, 0.717) is 5.92 Å². The summed E-state index contributed by atoms with van der Waals surface area (Å²) in [6.07, 6.45) is 1.07. The second-order valence-electron chi connectivity index (χ2n) is 4.69. The molecule has 1 aliphatic rings. The zero-order valence-corrected chi connectivity index (χ0v) is 8.72. The molecule has 1 unspecified atom stereocenters. The first kappa shape index (κ1) is 10.5. The van der Waals surface area contributed by atoms with E-state index in [9.17, 15) is 4.79 Å². The van der Waals surface area contributed by atoms with Crippen molar-refractivity contribution >= 4 is 5.91 Å². The second-order valence-corrected chi connectivity index (χ2v) is 4.69. The number of hydrogen-bond donors (Lipinski definition) is 1. The molecule has 0 aromatic heterocycles. The molecule has 1 heterocycles. The van der Waals surface area contributed by atoms with E-state index in [1.165, 1.54) is 0 Å². The number of amides is 1. The zero-order valence-electron chi connectivity index (χ0n) is 8.72. The fourth-order valence-electron chi connectivity index (χ4n) is 1.25. The largest absolute Gasteiger partial charge is 0.381 e. The van der Waals surface area contributed by atoms with E-state index in [2.05, 4.69) is 5.32 Å². The van der Waals surface area contributed by atoms with Gasteiger partial charge in [-0.25, -0.2) is 0 Å². The highest BCUT2D eigenvalue weighted by Gasteiger charge is 2.23. The molecule has 1 N–H and O–H groups in total. The Labute approximate surface area is 79.8 Å². The summed E-state index contributed by atoms with van der Waals surface area (Å²) in [4.78, 5) is 11.5. The third-order valence-electron chi connectivity index (χ3n) is 2.26. The molecule has 0 radical (unpaired) electrons. The lowest BCUT2D eigenvalue weighted by molar-refractivity contribution is -0.128. The van der Waals surface area contributed by atoms with Crippen molar-refractivity contribution < 1.29 is 9.53 Å². The predicted molar refractivity (Wildman–Crippen MR) is 51.4 cm³/mol. The number of hydrogen-bond acceptors (Lipinski definition) is 2. The third-order valence-corrected chi connectivity index (χ3v) is 2.26. The van der Waals surface area contributed by atoms with E-state index in [1.807, 2.05) is 20.8 Å². The van der Waals surface area contributed by atoms with Gasteiger partial charge in [0.1, 0.15) is 0 Å². The molecule has 76 valence electrons.